The molecule has 0 saturated heterocycles. The van der Waals surface area contributed by atoms with Crippen molar-refractivity contribution in [3.63, 3.8) is 0 Å². The second-order valence-electron chi connectivity index (χ2n) is 4.87. The third kappa shape index (κ3) is 3.00. The van der Waals surface area contributed by atoms with Crippen molar-refractivity contribution in [3.05, 3.63) is 77.3 Å². The van der Waals surface area contributed by atoms with Gasteiger partial charge in [-0.2, -0.15) is 0 Å². The minimum absolute atomic E-state index is 0.199. The molecule has 21 heavy (non-hydrogen) atoms. The van der Waals surface area contributed by atoms with Gasteiger partial charge >= 0.3 is 0 Å². The van der Waals surface area contributed by atoms with Crippen molar-refractivity contribution in [1.29, 1.82) is 0 Å². The molecule has 3 aromatic rings. The van der Waals surface area contributed by atoms with Crippen molar-refractivity contribution in [2.75, 3.05) is 5.32 Å². The van der Waals surface area contributed by atoms with Crippen LogP contribution in [0.5, 0.6) is 0 Å². The Morgan fingerprint density at radius 2 is 1.86 bits per heavy atom. The first-order valence-corrected chi connectivity index (χ1v) is 7.63. The molecule has 1 N–H and O–H groups in total. The van der Waals surface area contributed by atoms with Crippen LogP contribution >= 0.6 is 15.9 Å². The Labute approximate surface area is 132 Å². The van der Waals surface area contributed by atoms with Crippen molar-refractivity contribution in [3.8, 4) is 5.69 Å². The molecule has 2 aromatic carbocycles. The lowest BCUT2D eigenvalue weighted by molar-refractivity contribution is 0.874. The van der Waals surface area contributed by atoms with Crippen LogP contribution in [0, 0.1) is 0 Å². The van der Waals surface area contributed by atoms with Gasteiger partial charge in [-0.05, 0) is 30.7 Å². The van der Waals surface area contributed by atoms with E-state index in [9.17, 15) is 0 Å². The van der Waals surface area contributed by atoms with Gasteiger partial charge in [0.2, 0.25) is 0 Å². The number of halogens is 1. The lowest BCUT2D eigenvalue weighted by Crippen LogP contribution is -2.09. The van der Waals surface area contributed by atoms with E-state index in [-0.39, 0.29) is 6.04 Å². The van der Waals surface area contributed by atoms with Gasteiger partial charge < -0.3 is 9.88 Å². The Bertz CT molecular complexity index is 722. The monoisotopic (exact) mass is 341 g/mol. The Kier molecular flexibility index (Phi) is 4.06. The predicted molar refractivity (Wildman–Crippen MR) is 89.7 cm³/mol. The molecule has 0 radical (unpaired) electrons. The molecule has 0 aliphatic carbocycles. The number of nitrogens with one attached hydrogen (secondary N) is 1. The van der Waals surface area contributed by atoms with Crippen LogP contribution in [0.25, 0.3) is 5.69 Å². The first-order chi connectivity index (χ1) is 10.3. The van der Waals surface area contributed by atoms with Crippen molar-refractivity contribution in [2.45, 2.75) is 13.0 Å². The standard InChI is InChI=1S/C17H16BrN3/c1-13(14-6-2-3-7-15(14)18)20-16-8-4-5-9-17(16)21-11-10-19-12-21/h2-13,20H,1H3. The Morgan fingerprint density at radius 1 is 1.10 bits per heavy atom. The average Bonchev–Trinajstić information content (AvgIpc) is 3.02. The summed E-state index contributed by atoms with van der Waals surface area (Å²) < 4.78 is 3.12. The third-order valence-corrected chi connectivity index (χ3v) is 4.15. The number of benzene rings is 2. The smallest absolute Gasteiger partial charge is 0.0992 e. The van der Waals surface area contributed by atoms with E-state index in [0.717, 1.165) is 15.8 Å². The first kappa shape index (κ1) is 13.9. The fraction of sp³-hybridized carbons (Fsp3) is 0.118. The minimum Gasteiger partial charge on any atom is -0.377 e. The summed E-state index contributed by atoms with van der Waals surface area (Å²) >= 11 is 3.61. The Balaban J connectivity index is 1.91. The molecular weight excluding hydrogens is 326 g/mol. The van der Waals surface area contributed by atoms with Crippen molar-refractivity contribution in [1.82, 2.24) is 9.55 Å². The third-order valence-electron chi connectivity index (χ3n) is 3.43. The summed E-state index contributed by atoms with van der Waals surface area (Å²) in [6.07, 6.45) is 5.54. The van der Waals surface area contributed by atoms with Crippen LogP contribution < -0.4 is 5.32 Å². The van der Waals surface area contributed by atoms with Crippen molar-refractivity contribution in [2.24, 2.45) is 0 Å². The van der Waals surface area contributed by atoms with Gasteiger partial charge in [-0.1, -0.05) is 46.3 Å². The van der Waals surface area contributed by atoms with Gasteiger partial charge in [0, 0.05) is 22.9 Å². The zero-order valence-corrected chi connectivity index (χ0v) is 13.3. The molecule has 1 aromatic heterocycles. The highest BCUT2D eigenvalue weighted by molar-refractivity contribution is 9.10. The normalized spacial score (nSPS) is 12.1. The predicted octanol–water partition coefficient (Wildman–Crippen LogP) is 4.81. The number of imidazole rings is 1. The number of rotatable bonds is 4. The summed E-state index contributed by atoms with van der Waals surface area (Å²) in [7, 11) is 0. The summed E-state index contributed by atoms with van der Waals surface area (Å²) in [6, 6.07) is 16.7. The van der Waals surface area contributed by atoms with E-state index >= 15 is 0 Å². The van der Waals surface area contributed by atoms with E-state index in [2.05, 4.69) is 63.5 Å². The van der Waals surface area contributed by atoms with Gasteiger partial charge in [0.15, 0.2) is 0 Å². The Morgan fingerprint density at radius 3 is 2.62 bits per heavy atom. The second kappa shape index (κ2) is 6.14. The number of para-hydroxylation sites is 2. The molecule has 106 valence electrons. The van der Waals surface area contributed by atoms with Crippen LogP contribution in [0.1, 0.15) is 18.5 Å². The molecule has 0 aliphatic rings. The van der Waals surface area contributed by atoms with Crippen LogP contribution in [-0.4, -0.2) is 9.55 Å². The maximum Gasteiger partial charge on any atom is 0.0992 e. The molecule has 0 spiro atoms. The lowest BCUT2D eigenvalue weighted by Gasteiger charge is -2.19. The molecule has 3 nitrogen and oxygen atoms in total. The maximum atomic E-state index is 4.12. The van der Waals surface area contributed by atoms with Crippen LogP contribution in [0.4, 0.5) is 5.69 Å². The fourth-order valence-electron chi connectivity index (χ4n) is 2.36. The second-order valence-corrected chi connectivity index (χ2v) is 5.73. The van der Waals surface area contributed by atoms with Crippen LogP contribution in [0.15, 0.2) is 71.7 Å². The summed E-state index contributed by atoms with van der Waals surface area (Å²) in [5.41, 5.74) is 3.41. The van der Waals surface area contributed by atoms with E-state index in [1.807, 2.05) is 35.3 Å². The number of nitrogens with zero attached hydrogens (tertiary/aromatic N) is 2. The number of hydrogen-bond donors (Lipinski definition) is 1. The van der Waals surface area contributed by atoms with Gasteiger partial charge in [-0.15, -0.1) is 0 Å². The minimum atomic E-state index is 0.199. The van der Waals surface area contributed by atoms with E-state index in [4.69, 9.17) is 0 Å². The van der Waals surface area contributed by atoms with E-state index < -0.39 is 0 Å². The summed E-state index contributed by atoms with van der Waals surface area (Å²) in [4.78, 5) is 4.12. The highest BCUT2D eigenvalue weighted by Crippen LogP contribution is 2.28. The van der Waals surface area contributed by atoms with Gasteiger partial charge in [0.1, 0.15) is 0 Å². The van der Waals surface area contributed by atoms with Crippen LogP contribution in [-0.2, 0) is 0 Å². The fourth-order valence-corrected chi connectivity index (χ4v) is 2.99. The van der Waals surface area contributed by atoms with Crippen molar-refractivity contribution < 1.29 is 0 Å². The lowest BCUT2D eigenvalue weighted by atomic mass is 10.1. The molecule has 0 amide bonds. The SMILES string of the molecule is CC(Nc1ccccc1-n1ccnc1)c1ccccc1Br. The van der Waals surface area contributed by atoms with Gasteiger partial charge in [0.05, 0.1) is 17.7 Å². The van der Waals surface area contributed by atoms with E-state index in [0.29, 0.717) is 0 Å². The molecule has 0 saturated carbocycles. The summed E-state index contributed by atoms with van der Waals surface area (Å²) in [6.45, 7) is 2.16. The highest BCUT2D eigenvalue weighted by Gasteiger charge is 2.11. The molecule has 0 aliphatic heterocycles. The van der Waals surface area contributed by atoms with E-state index in [1.165, 1.54) is 5.56 Å². The quantitative estimate of drug-likeness (QED) is 0.738. The summed E-state index contributed by atoms with van der Waals surface area (Å²) in [5.74, 6) is 0. The first-order valence-electron chi connectivity index (χ1n) is 6.84. The number of aromatic nitrogens is 2. The largest absolute Gasteiger partial charge is 0.377 e. The molecule has 4 heteroatoms. The molecule has 0 fully saturated rings. The Hall–Kier alpha value is -2.07. The van der Waals surface area contributed by atoms with Crippen LogP contribution in [0.2, 0.25) is 0 Å². The average molecular weight is 342 g/mol. The number of hydrogen-bond acceptors (Lipinski definition) is 2. The molecule has 1 atom stereocenters. The van der Waals surface area contributed by atoms with Gasteiger partial charge in [-0.3, -0.25) is 0 Å². The highest BCUT2D eigenvalue weighted by atomic mass is 79.9. The maximum absolute atomic E-state index is 4.12. The topological polar surface area (TPSA) is 29.9 Å². The van der Waals surface area contributed by atoms with Crippen LogP contribution in [0.3, 0.4) is 0 Å². The molecule has 1 unspecified atom stereocenters. The molecule has 1 heterocycles. The zero-order chi connectivity index (χ0) is 14.7. The van der Waals surface area contributed by atoms with Gasteiger partial charge in [0.25, 0.3) is 0 Å². The van der Waals surface area contributed by atoms with E-state index in [1.54, 1.807) is 6.20 Å². The molecule has 0 bridgehead atoms. The van der Waals surface area contributed by atoms with Crippen molar-refractivity contribution >= 4 is 21.6 Å². The molecule has 3 rings (SSSR count). The molecular formula is C17H16BrN3. The zero-order valence-electron chi connectivity index (χ0n) is 11.7. The number of anilines is 1. The van der Waals surface area contributed by atoms with Gasteiger partial charge in [-0.25, -0.2) is 4.98 Å². The summed E-state index contributed by atoms with van der Waals surface area (Å²) in [5, 5.41) is 3.58.